The van der Waals surface area contributed by atoms with E-state index in [0.717, 1.165) is 43.8 Å². The maximum atomic E-state index is 13.6. The highest BCUT2D eigenvalue weighted by Gasteiger charge is 2.34. The molecule has 1 saturated carbocycles. The molecule has 8 nitrogen and oxygen atoms in total. The van der Waals surface area contributed by atoms with E-state index in [0.29, 0.717) is 49.3 Å². The van der Waals surface area contributed by atoms with Crippen molar-refractivity contribution in [2.24, 2.45) is 10.9 Å². The van der Waals surface area contributed by atoms with Crippen LogP contribution in [0.3, 0.4) is 0 Å². The summed E-state index contributed by atoms with van der Waals surface area (Å²) >= 11 is 0. The highest BCUT2D eigenvalue weighted by molar-refractivity contribution is 6.76. The van der Waals surface area contributed by atoms with Crippen molar-refractivity contribution in [1.82, 2.24) is 15.1 Å². The zero-order valence-corrected chi connectivity index (χ0v) is 25.6. The number of nitrogens with one attached hydrogen (secondary N) is 1. The van der Waals surface area contributed by atoms with Crippen molar-refractivity contribution in [3.63, 3.8) is 0 Å². The average Bonchev–Trinajstić information content (AvgIpc) is 3.61. The molecule has 212 valence electrons. The molecule has 2 fully saturated rings. The Bertz CT molecular complexity index is 986. The minimum absolute atomic E-state index is 0.157. The molecule has 9 heteroatoms. The first-order valence-electron chi connectivity index (χ1n) is 14.1. The molecule has 0 aromatic heterocycles. The zero-order chi connectivity index (χ0) is 28.1. The van der Waals surface area contributed by atoms with E-state index in [2.05, 4.69) is 44.5 Å². The van der Waals surface area contributed by atoms with Crippen molar-refractivity contribution in [2.75, 3.05) is 26.4 Å². The van der Waals surface area contributed by atoms with E-state index < -0.39 is 13.7 Å². The Morgan fingerprint density at radius 1 is 1.24 bits per heavy atom. The third-order valence-corrected chi connectivity index (χ3v) is 8.39. The third kappa shape index (κ3) is 9.12. The van der Waals surface area contributed by atoms with Crippen molar-refractivity contribution < 1.29 is 19.1 Å². The summed E-state index contributed by atoms with van der Waals surface area (Å²) in [5.74, 6) is 0.263. The second-order valence-electron chi connectivity index (χ2n) is 12.8. The molecule has 1 unspecified atom stereocenters. The molecular weight excluding hydrogens is 496 g/mol. The van der Waals surface area contributed by atoms with Crippen LogP contribution < -0.4 is 5.32 Å². The summed E-state index contributed by atoms with van der Waals surface area (Å²) in [4.78, 5) is 34.7. The van der Waals surface area contributed by atoms with Gasteiger partial charge in [-0.05, 0) is 58.9 Å². The number of hydrogen-bond donors (Lipinski definition) is 1. The van der Waals surface area contributed by atoms with Crippen molar-refractivity contribution in [2.45, 2.75) is 97.1 Å². The molecule has 1 aliphatic carbocycles. The quantitative estimate of drug-likeness (QED) is 0.283. The van der Waals surface area contributed by atoms with Crippen LogP contribution in [0, 0.1) is 5.92 Å². The highest BCUT2D eigenvalue weighted by Crippen LogP contribution is 2.38. The third-order valence-electron chi connectivity index (χ3n) is 6.69. The molecule has 3 rings (SSSR count). The van der Waals surface area contributed by atoms with E-state index in [1.54, 1.807) is 4.90 Å². The lowest BCUT2D eigenvalue weighted by atomic mass is 10.0. The summed E-state index contributed by atoms with van der Waals surface area (Å²) < 4.78 is 11.5. The summed E-state index contributed by atoms with van der Waals surface area (Å²) in [7, 11) is -1.20. The number of nitrogens with zero attached hydrogens (tertiary/aromatic N) is 3. The first-order valence-corrected chi connectivity index (χ1v) is 17.8. The fraction of sp³-hybridized carbons (Fsp3) is 0.690. The number of allylic oxidation sites excluding steroid dienone is 3. The van der Waals surface area contributed by atoms with E-state index in [9.17, 15) is 9.59 Å². The normalized spacial score (nSPS) is 22.1. The van der Waals surface area contributed by atoms with Gasteiger partial charge in [-0.25, -0.2) is 4.79 Å². The Morgan fingerprint density at radius 2 is 1.95 bits per heavy atom. The van der Waals surface area contributed by atoms with Crippen LogP contribution in [0.15, 0.2) is 40.8 Å². The summed E-state index contributed by atoms with van der Waals surface area (Å²) in [6.07, 6.45) is 8.39. The van der Waals surface area contributed by atoms with Crippen LogP contribution in [0.1, 0.15) is 59.8 Å². The van der Waals surface area contributed by atoms with Gasteiger partial charge in [0.2, 0.25) is 0 Å². The summed E-state index contributed by atoms with van der Waals surface area (Å²) in [6, 6.07) is 0.918. The van der Waals surface area contributed by atoms with E-state index in [1.807, 2.05) is 31.9 Å². The van der Waals surface area contributed by atoms with Crippen molar-refractivity contribution in [3.8, 4) is 0 Å². The monoisotopic (exact) mass is 544 g/mol. The van der Waals surface area contributed by atoms with Gasteiger partial charge < -0.3 is 24.6 Å². The predicted molar refractivity (Wildman–Crippen MR) is 156 cm³/mol. The van der Waals surface area contributed by atoms with Gasteiger partial charge in [-0.3, -0.25) is 9.79 Å². The number of aliphatic imine (C=N–C) groups is 1. The molecule has 1 saturated heterocycles. The van der Waals surface area contributed by atoms with Crippen molar-refractivity contribution >= 4 is 25.8 Å². The lowest BCUT2D eigenvalue weighted by Gasteiger charge is -2.34. The Labute approximate surface area is 230 Å². The molecule has 2 amide bonds. The molecule has 1 atom stereocenters. The van der Waals surface area contributed by atoms with Crippen LogP contribution in [0.2, 0.25) is 25.7 Å². The van der Waals surface area contributed by atoms with Crippen LogP contribution >= 0.6 is 0 Å². The molecule has 38 heavy (non-hydrogen) atoms. The number of hydrogen-bond acceptors (Lipinski definition) is 6. The minimum Gasteiger partial charge on any atom is -0.444 e. The second kappa shape index (κ2) is 12.6. The number of rotatable bonds is 10. The zero-order valence-electron chi connectivity index (χ0n) is 24.6. The van der Waals surface area contributed by atoms with Crippen LogP contribution in [-0.2, 0) is 14.3 Å². The molecule has 0 bridgehead atoms. The van der Waals surface area contributed by atoms with Gasteiger partial charge in [-0.15, -0.1) is 0 Å². The number of piperidine rings is 1. The highest BCUT2D eigenvalue weighted by atomic mass is 28.3. The van der Waals surface area contributed by atoms with Crippen LogP contribution in [-0.4, -0.2) is 73.7 Å². The lowest BCUT2D eigenvalue weighted by molar-refractivity contribution is -0.118. The van der Waals surface area contributed by atoms with Gasteiger partial charge in [0.1, 0.15) is 18.0 Å². The smallest absolute Gasteiger partial charge is 0.410 e. The van der Waals surface area contributed by atoms with Crippen LogP contribution in [0.25, 0.3) is 0 Å². The summed E-state index contributed by atoms with van der Waals surface area (Å²) in [5.41, 5.74) is 2.28. The van der Waals surface area contributed by atoms with Gasteiger partial charge in [0.15, 0.2) is 0 Å². The molecule has 2 aliphatic heterocycles. The van der Waals surface area contributed by atoms with Crippen LogP contribution in [0.4, 0.5) is 4.79 Å². The van der Waals surface area contributed by atoms with E-state index >= 15 is 0 Å². The van der Waals surface area contributed by atoms with Crippen LogP contribution in [0.5, 0.6) is 0 Å². The predicted octanol–water partition coefficient (Wildman–Crippen LogP) is 5.67. The summed E-state index contributed by atoms with van der Waals surface area (Å²) in [6.45, 7) is 21.0. The van der Waals surface area contributed by atoms with E-state index in [-0.39, 0.29) is 18.0 Å². The van der Waals surface area contributed by atoms with Crippen molar-refractivity contribution in [1.29, 1.82) is 0 Å². The largest absolute Gasteiger partial charge is 0.444 e. The first kappa shape index (κ1) is 30.2. The SMILES string of the molecule is C=C1/C(=N\C(=C/CC)C2CC2)C(C(=O)NC2CCCN(C(=O)OC(C)(C)C)C2)=CN1COCC[Si](C)(C)C. The Morgan fingerprint density at radius 3 is 2.55 bits per heavy atom. The summed E-state index contributed by atoms with van der Waals surface area (Å²) in [5, 5.41) is 3.16. The average molecular weight is 545 g/mol. The van der Waals surface area contributed by atoms with E-state index in [4.69, 9.17) is 14.5 Å². The molecule has 3 aliphatic rings. The fourth-order valence-corrected chi connectivity index (χ4v) is 5.16. The number of amides is 2. The van der Waals surface area contributed by atoms with Gasteiger partial charge in [0.05, 0.1) is 11.3 Å². The molecule has 1 N–H and O–H groups in total. The van der Waals surface area contributed by atoms with Gasteiger partial charge in [-0.1, -0.05) is 39.2 Å². The maximum Gasteiger partial charge on any atom is 0.410 e. The molecule has 0 spiro atoms. The topological polar surface area (TPSA) is 83.5 Å². The number of ether oxygens (including phenoxy) is 2. The fourth-order valence-electron chi connectivity index (χ4n) is 4.41. The Balaban J connectivity index is 1.73. The molecule has 0 radical (unpaired) electrons. The van der Waals surface area contributed by atoms with Gasteiger partial charge in [-0.2, -0.15) is 0 Å². The van der Waals surface area contributed by atoms with E-state index in [1.165, 1.54) is 0 Å². The molecule has 2 heterocycles. The Kier molecular flexibility index (Phi) is 10.0. The standard InChI is InChI=1S/C29H48N4O4Si/c1-9-11-25(22-13-14-22)31-26-21(2)33(20-36-16-17-38(6,7)8)19-24(26)27(34)30-23-12-10-15-32(18-23)28(35)37-29(3,4)5/h11,19,22-23H,2,9-10,12-18,20H2,1,3-8H3,(H,30,34)/b25-11-,31-26+. The van der Waals surface area contributed by atoms with Gasteiger partial charge >= 0.3 is 6.09 Å². The Hall–Kier alpha value is -2.39. The molecular formula is C29H48N4O4Si. The minimum atomic E-state index is -1.20. The van der Waals surface area contributed by atoms with Crippen molar-refractivity contribution in [3.05, 3.63) is 35.8 Å². The van der Waals surface area contributed by atoms with Gasteiger partial charge in [0.25, 0.3) is 5.91 Å². The number of likely N-dealkylation sites (tertiary alicyclic amines) is 1. The second-order valence-corrected chi connectivity index (χ2v) is 18.4. The first-order chi connectivity index (χ1) is 17.8. The number of carbonyl (C=O) groups excluding carboxylic acids is 2. The van der Waals surface area contributed by atoms with Gasteiger partial charge in [0, 0.05) is 51.6 Å². The molecule has 0 aromatic rings. The number of carbonyl (C=O) groups is 2. The lowest BCUT2D eigenvalue weighted by Crippen LogP contribution is -2.51. The maximum absolute atomic E-state index is 13.6. The molecule has 0 aromatic carbocycles.